The number of hydrogen-bond acceptors (Lipinski definition) is 3. The molecule has 3 N–H and O–H groups in total. The number of hydrogen-bond donors (Lipinski definition) is 2. The molecule has 0 aliphatic carbocycles. The molecule has 0 saturated heterocycles. The summed E-state index contributed by atoms with van der Waals surface area (Å²) in [7, 11) is 0. The van der Waals surface area contributed by atoms with E-state index in [0.29, 0.717) is 5.69 Å². The number of halogens is 1. The zero-order chi connectivity index (χ0) is 13.0. The Morgan fingerprint density at radius 1 is 1.28 bits per heavy atom. The van der Waals surface area contributed by atoms with E-state index >= 15 is 0 Å². The minimum Gasteiger partial charge on any atom is -0.397 e. The van der Waals surface area contributed by atoms with Gasteiger partial charge in [-0.25, -0.2) is 4.98 Å². The molecule has 3 nitrogen and oxygen atoms in total. The van der Waals surface area contributed by atoms with Gasteiger partial charge in [-0.05, 0) is 42.7 Å². The predicted octanol–water partition coefficient (Wildman–Crippen LogP) is 3.28. The second kappa shape index (κ2) is 5.74. The van der Waals surface area contributed by atoms with Crippen molar-refractivity contribution in [2.75, 3.05) is 17.6 Å². The van der Waals surface area contributed by atoms with Gasteiger partial charge in [0.15, 0.2) is 0 Å². The number of nitrogens with two attached hydrogens (primary N) is 1. The summed E-state index contributed by atoms with van der Waals surface area (Å²) >= 11 is 5.84. The molecule has 2 rings (SSSR count). The van der Waals surface area contributed by atoms with Crippen LogP contribution in [0, 0.1) is 6.92 Å². The Hall–Kier alpha value is -1.74. The maximum absolute atomic E-state index is 5.84. The van der Waals surface area contributed by atoms with Gasteiger partial charge < -0.3 is 11.1 Å². The van der Waals surface area contributed by atoms with Crippen LogP contribution in [0.1, 0.15) is 11.1 Å². The van der Waals surface area contributed by atoms with Crippen LogP contribution in [0.5, 0.6) is 0 Å². The zero-order valence-electron chi connectivity index (χ0n) is 10.3. The summed E-state index contributed by atoms with van der Waals surface area (Å²) < 4.78 is 0. The number of pyridine rings is 1. The first-order chi connectivity index (χ1) is 8.65. The summed E-state index contributed by atoms with van der Waals surface area (Å²) in [6, 6.07) is 9.80. The fraction of sp³-hybridized carbons (Fsp3) is 0.214. The number of nitrogens with one attached hydrogen (secondary N) is 1. The Balaban J connectivity index is 1.90. The van der Waals surface area contributed by atoms with Crippen molar-refractivity contribution in [2.45, 2.75) is 13.3 Å². The molecule has 4 heteroatoms. The Kier molecular flexibility index (Phi) is 4.05. The molecular weight excluding hydrogens is 246 g/mol. The van der Waals surface area contributed by atoms with Crippen molar-refractivity contribution in [3.8, 4) is 0 Å². The highest BCUT2D eigenvalue weighted by molar-refractivity contribution is 6.30. The van der Waals surface area contributed by atoms with Crippen LogP contribution in [0.2, 0.25) is 5.02 Å². The van der Waals surface area contributed by atoms with Crippen molar-refractivity contribution in [1.29, 1.82) is 0 Å². The van der Waals surface area contributed by atoms with Crippen molar-refractivity contribution in [3.63, 3.8) is 0 Å². The van der Waals surface area contributed by atoms with Crippen LogP contribution in [0.3, 0.4) is 0 Å². The van der Waals surface area contributed by atoms with Gasteiger partial charge in [-0.3, -0.25) is 0 Å². The lowest BCUT2D eigenvalue weighted by molar-refractivity contribution is 1.00. The average molecular weight is 262 g/mol. The number of nitrogen functional groups attached to an aromatic ring is 1. The van der Waals surface area contributed by atoms with Gasteiger partial charge in [-0.1, -0.05) is 23.7 Å². The van der Waals surface area contributed by atoms with E-state index in [1.807, 2.05) is 37.3 Å². The van der Waals surface area contributed by atoms with Crippen LogP contribution < -0.4 is 11.1 Å². The third-order valence-electron chi connectivity index (χ3n) is 2.72. The van der Waals surface area contributed by atoms with Crippen molar-refractivity contribution < 1.29 is 0 Å². The molecule has 0 atom stereocenters. The number of aromatic nitrogens is 1. The highest BCUT2D eigenvalue weighted by Crippen LogP contribution is 2.14. The molecule has 0 spiro atoms. The number of benzene rings is 1. The number of rotatable bonds is 4. The molecule has 0 unspecified atom stereocenters. The van der Waals surface area contributed by atoms with Crippen LogP contribution in [0.4, 0.5) is 11.5 Å². The fourth-order valence-electron chi connectivity index (χ4n) is 1.76. The van der Waals surface area contributed by atoms with Gasteiger partial charge in [-0.15, -0.1) is 0 Å². The summed E-state index contributed by atoms with van der Waals surface area (Å²) in [4.78, 5) is 4.27. The molecule has 1 heterocycles. The summed E-state index contributed by atoms with van der Waals surface area (Å²) in [6.07, 6.45) is 2.60. The van der Waals surface area contributed by atoms with Gasteiger partial charge in [0.2, 0.25) is 0 Å². The number of anilines is 2. The third-order valence-corrected chi connectivity index (χ3v) is 2.97. The van der Waals surface area contributed by atoms with Crippen molar-refractivity contribution >= 4 is 23.1 Å². The Labute approximate surface area is 112 Å². The molecule has 18 heavy (non-hydrogen) atoms. The molecule has 0 amide bonds. The first-order valence-corrected chi connectivity index (χ1v) is 6.23. The van der Waals surface area contributed by atoms with Gasteiger partial charge in [0.1, 0.15) is 5.82 Å². The summed E-state index contributed by atoms with van der Waals surface area (Å²) in [6.45, 7) is 2.83. The van der Waals surface area contributed by atoms with E-state index in [1.54, 1.807) is 6.20 Å². The van der Waals surface area contributed by atoms with Gasteiger partial charge in [0, 0.05) is 11.6 Å². The molecule has 0 bridgehead atoms. The molecule has 0 aliphatic rings. The molecule has 0 radical (unpaired) electrons. The first-order valence-electron chi connectivity index (χ1n) is 5.85. The highest BCUT2D eigenvalue weighted by Gasteiger charge is 2.00. The third kappa shape index (κ3) is 3.37. The smallest absolute Gasteiger partial charge is 0.129 e. The van der Waals surface area contributed by atoms with Crippen molar-refractivity contribution in [3.05, 3.63) is 52.7 Å². The lowest BCUT2D eigenvalue weighted by Gasteiger charge is -2.09. The maximum atomic E-state index is 5.84. The monoisotopic (exact) mass is 261 g/mol. The molecule has 2 aromatic rings. The highest BCUT2D eigenvalue weighted by atomic mass is 35.5. The van der Waals surface area contributed by atoms with Crippen LogP contribution >= 0.6 is 11.6 Å². The van der Waals surface area contributed by atoms with E-state index < -0.39 is 0 Å². The first kappa shape index (κ1) is 12.7. The molecular formula is C14H16ClN3. The zero-order valence-corrected chi connectivity index (χ0v) is 11.0. The molecule has 0 fully saturated rings. The average Bonchev–Trinajstić information content (AvgIpc) is 2.34. The molecule has 94 valence electrons. The van der Waals surface area contributed by atoms with E-state index in [-0.39, 0.29) is 0 Å². The Morgan fingerprint density at radius 2 is 2.00 bits per heavy atom. The molecule has 1 aromatic carbocycles. The fourth-order valence-corrected chi connectivity index (χ4v) is 1.88. The van der Waals surface area contributed by atoms with Gasteiger partial charge >= 0.3 is 0 Å². The summed E-state index contributed by atoms with van der Waals surface area (Å²) in [5, 5.41) is 4.07. The van der Waals surface area contributed by atoms with Gasteiger partial charge in [-0.2, -0.15) is 0 Å². The minimum atomic E-state index is 0.691. The van der Waals surface area contributed by atoms with Crippen LogP contribution in [0.25, 0.3) is 0 Å². The maximum Gasteiger partial charge on any atom is 0.129 e. The Bertz CT molecular complexity index is 523. The molecule has 0 saturated carbocycles. The van der Waals surface area contributed by atoms with E-state index in [2.05, 4.69) is 10.3 Å². The SMILES string of the molecule is Cc1cc(N)cnc1NCCc1ccc(Cl)cc1. The topological polar surface area (TPSA) is 50.9 Å². The second-order valence-corrected chi connectivity index (χ2v) is 4.67. The molecule has 1 aromatic heterocycles. The van der Waals surface area contributed by atoms with Crippen LogP contribution in [0.15, 0.2) is 36.5 Å². The standard InChI is InChI=1S/C14H16ClN3/c1-10-8-13(16)9-18-14(10)17-7-6-11-2-4-12(15)5-3-11/h2-5,8-9H,6-7,16H2,1H3,(H,17,18). The molecule has 0 aliphatic heterocycles. The van der Waals surface area contributed by atoms with E-state index in [9.17, 15) is 0 Å². The van der Waals surface area contributed by atoms with Crippen molar-refractivity contribution in [2.24, 2.45) is 0 Å². The van der Waals surface area contributed by atoms with E-state index in [4.69, 9.17) is 17.3 Å². The van der Waals surface area contributed by atoms with Crippen LogP contribution in [-0.2, 0) is 6.42 Å². The second-order valence-electron chi connectivity index (χ2n) is 4.24. The largest absolute Gasteiger partial charge is 0.397 e. The van der Waals surface area contributed by atoms with Crippen LogP contribution in [-0.4, -0.2) is 11.5 Å². The summed E-state index contributed by atoms with van der Waals surface area (Å²) in [5.74, 6) is 0.887. The lowest BCUT2D eigenvalue weighted by Crippen LogP contribution is -2.07. The van der Waals surface area contributed by atoms with Gasteiger partial charge in [0.05, 0.1) is 11.9 Å². The number of nitrogens with zero attached hydrogens (tertiary/aromatic N) is 1. The lowest BCUT2D eigenvalue weighted by atomic mass is 10.1. The van der Waals surface area contributed by atoms with E-state index in [0.717, 1.165) is 29.4 Å². The van der Waals surface area contributed by atoms with Gasteiger partial charge in [0.25, 0.3) is 0 Å². The summed E-state index contributed by atoms with van der Waals surface area (Å²) in [5.41, 5.74) is 8.66. The van der Waals surface area contributed by atoms with E-state index in [1.165, 1.54) is 5.56 Å². The number of aryl methyl sites for hydroxylation is 1. The minimum absolute atomic E-state index is 0.691. The Morgan fingerprint density at radius 3 is 2.67 bits per heavy atom. The van der Waals surface area contributed by atoms with Crippen molar-refractivity contribution in [1.82, 2.24) is 4.98 Å². The normalized spacial score (nSPS) is 10.3. The quantitative estimate of drug-likeness (QED) is 0.888. The predicted molar refractivity (Wildman–Crippen MR) is 77.0 cm³/mol.